The lowest BCUT2D eigenvalue weighted by molar-refractivity contribution is 0.668. The van der Waals surface area contributed by atoms with E-state index in [0.717, 1.165) is 105 Å². The van der Waals surface area contributed by atoms with E-state index in [1.165, 1.54) is 58.5 Å². The van der Waals surface area contributed by atoms with Gasteiger partial charge in [-0.3, -0.25) is 9.97 Å². The molecule has 0 spiro atoms. The van der Waals surface area contributed by atoms with E-state index in [-0.39, 0.29) is 0 Å². The van der Waals surface area contributed by atoms with Crippen molar-refractivity contribution in [3.05, 3.63) is 243 Å². The smallest absolute Gasteiger partial charge is 0.153 e. The fourth-order valence-corrected chi connectivity index (χ4v) is 13.2. The van der Waals surface area contributed by atoms with Crippen LogP contribution in [0, 0.1) is 0 Å². The molecule has 358 valence electrons. The number of nitrogens with zero attached hydrogens (tertiary/aromatic N) is 4. The molecule has 10 aromatic carbocycles. The van der Waals surface area contributed by atoms with Gasteiger partial charge in [-0.2, -0.15) is 0 Å². The zero-order valence-electron chi connectivity index (χ0n) is 41.1. The number of aromatic nitrogens is 4. The van der Waals surface area contributed by atoms with E-state index in [2.05, 4.69) is 226 Å². The lowest BCUT2D eigenvalue weighted by Crippen LogP contribution is -1.94. The lowest BCUT2D eigenvalue weighted by Gasteiger charge is -2.11. The van der Waals surface area contributed by atoms with Crippen LogP contribution in [0.25, 0.3) is 164 Å². The van der Waals surface area contributed by atoms with Gasteiger partial charge in [-0.15, -0.1) is 11.3 Å². The molecule has 17 rings (SSSR count). The minimum atomic E-state index is 0.797. The van der Waals surface area contributed by atoms with Gasteiger partial charge >= 0.3 is 0 Å². The fourth-order valence-electron chi connectivity index (χ4n) is 12.2. The van der Waals surface area contributed by atoms with Crippen LogP contribution in [-0.2, 0) is 0 Å². The van der Waals surface area contributed by atoms with Crippen LogP contribution < -0.4 is 0 Å². The quantitative estimate of drug-likeness (QED) is 0.167. The van der Waals surface area contributed by atoms with Crippen molar-refractivity contribution < 1.29 is 8.83 Å². The third kappa shape index (κ3) is 6.48. The molecule has 0 radical (unpaired) electrons. The van der Waals surface area contributed by atoms with E-state index < -0.39 is 0 Å². The Balaban J connectivity index is 0.730. The van der Waals surface area contributed by atoms with Crippen LogP contribution in [-0.4, -0.2) is 19.1 Å². The summed E-state index contributed by atoms with van der Waals surface area (Å²) in [6.07, 6.45) is 3.71. The average molecular weight is 1000 g/mol. The molecule has 0 saturated carbocycles. The van der Waals surface area contributed by atoms with Gasteiger partial charge in [0.1, 0.15) is 22.3 Å². The first-order valence-electron chi connectivity index (χ1n) is 25.9. The summed E-state index contributed by atoms with van der Waals surface area (Å²) in [4.78, 5) is 9.37. The Bertz CT molecular complexity index is 4990. The van der Waals surface area contributed by atoms with Crippen molar-refractivity contribution >= 4 is 119 Å². The largest absolute Gasteiger partial charge is 0.456 e. The van der Waals surface area contributed by atoms with Gasteiger partial charge in [0.25, 0.3) is 0 Å². The molecule has 7 heterocycles. The number of pyridine rings is 2. The first kappa shape index (κ1) is 42.3. The van der Waals surface area contributed by atoms with Crippen molar-refractivity contribution in [2.45, 2.75) is 0 Å². The summed E-state index contributed by atoms with van der Waals surface area (Å²) in [5.41, 5.74) is 21.4. The van der Waals surface area contributed by atoms with E-state index >= 15 is 0 Å². The number of hydrogen-bond donors (Lipinski definition) is 0. The molecule has 7 heteroatoms. The molecule has 0 unspecified atom stereocenters. The van der Waals surface area contributed by atoms with Crippen molar-refractivity contribution in [1.29, 1.82) is 0 Å². The summed E-state index contributed by atoms with van der Waals surface area (Å²) in [6.45, 7) is 0. The highest BCUT2D eigenvalue weighted by Crippen LogP contribution is 2.42. The second-order valence-corrected chi connectivity index (χ2v) is 21.2. The first-order chi connectivity index (χ1) is 38.1. The SMILES string of the molecule is c1cc(-c2ccc3oc4cccnc4c3c2)cc(-n2c3ccccc3c3cc(-c4ccc5oc6ccc(-c7ccc8c(c7)c7ccccc7n8-c7cccc(-c8ccc9sc%10cccnc%10c9c8)c7)cc6c5c4)ccc32)c1. The zero-order chi connectivity index (χ0) is 50.3. The number of thiophene rings is 1. The molecule has 0 atom stereocenters. The minimum absolute atomic E-state index is 0.797. The van der Waals surface area contributed by atoms with Crippen LogP contribution in [0.4, 0.5) is 0 Å². The molecular formula is C70H40N4O2S. The molecule has 0 bridgehead atoms. The number of fused-ring (bicyclic) bond motifs is 15. The average Bonchev–Trinajstić information content (AvgIpc) is 4.34. The highest BCUT2D eigenvalue weighted by Gasteiger charge is 2.19. The van der Waals surface area contributed by atoms with E-state index in [1.807, 2.05) is 30.6 Å². The lowest BCUT2D eigenvalue weighted by atomic mass is 9.98. The maximum Gasteiger partial charge on any atom is 0.153 e. The van der Waals surface area contributed by atoms with Crippen LogP contribution >= 0.6 is 11.3 Å². The van der Waals surface area contributed by atoms with Gasteiger partial charge in [-0.25, -0.2) is 0 Å². The van der Waals surface area contributed by atoms with Gasteiger partial charge in [-0.1, -0.05) is 97.1 Å². The maximum atomic E-state index is 6.53. The summed E-state index contributed by atoms with van der Waals surface area (Å²) in [5, 5.41) is 9.24. The molecule has 6 nitrogen and oxygen atoms in total. The fraction of sp³-hybridized carbons (Fsp3) is 0. The number of para-hydroxylation sites is 2. The van der Waals surface area contributed by atoms with Crippen molar-refractivity contribution in [3.63, 3.8) is 0 Å². The number of hydrogen-bond acceptors (Lipinski definition) is 5. The number of furan rings is 2. The summed E-state index contributed by atoms with van der Waals surface area (Å²) < 4.78 is 19.9. The minimum Gasteiger partial charge on any atom is -0.456 e. The highest BCUT2D eigenvalue weighted by molar-refractivity contribution is 7.25. The van der Waals surface area contributed by atoms with E-state index in [9.17, 15) is 0 Å². The predicted molar refractivity (Wildman–Crippen MR) is 320 cm³/mol. The zero-order valence-corrected chi connectivity index (χ0v) is 41.9. The molecule has 0 saturated heterocycles. The van der Waals surface area contributed by atoms with Gasteiger partial charge < -0.3 is 18.0 Å². The van der Waals surface area contributed by atoms with Crippen LogP contribution in [0.5, 0.6) is 0 Å². The van der Waals surface area contributed by atoms with Crippen molar-refractivity contribution in [2.24, 2.45) is 0 Å². The summed E-state index contributed by atoms with van der Waals surface area (Å²) in [5.74, 6) is 0. The molecule has 17 aromatic rings. The highest BCUT2D eigenvalue weighted by atomic mass is 32.1. The van der Waals surface area contributed by atoms with Gasteiger partial charge in [0.15, 0.2) is 5.58 Å². The molecule has 0 aliphatic heterocycles. The Labute approximate surface area is 443 Å². The normalized spacial score (nSPS) is 12.2. The van der Waals surface area contributed by atoms with Crippen LogP contribution in [0.15, 0.2) is 252 Å². The molecule has 0 aliphatic rings. The third-order valence-corrected chi connectivity index (χ3v) is 16.9. The Morgan fingerprint density at radius 1 is 0.273 bits per heavy atom. The Kier molecular flexibility index (Phi) is 8.90. The summed E-state index contributed by atoms with van der Waals surface area (Å²) >= 11 is 1.80. The second-order valence-electron chi connectivity index (χ2n) is 20.1. The van der Waals surface area contributed by atoms with Gasteiger partial charge in [0.05, 0.1) is 32.3 Å². The third-order valence-electron chi connectivity index (χ3n) is 15.8. The number of rotatable bonds is 6. The molecule has 0 aliphatic carbocycles. The Morgan fingerprint density at radius 3 is 1.31 bits per heavy atom. The van der Waals surface area contributed by atoms with Gasteiger partial charge in [0, 0.05) is 71.6 Å². The van der Waals surface area contributed by atoms with E-state index in [4.69, 9.17) is 13.8 Å². The van der Waals surface area contributed by atoms with Gasteiger partial charge in [0.2, 0.25) is 0 Å². The maximum absolute atomic E-state index is 6.53. The molecule has 7 aromatic heterocycles. The summed E-state index contributed by atoms with van der Waals surface area (Å²) in [6, 6.07) is 83.4. The standard InChI is InChI=1S/C70H40N4O2S/c1-3-15-59-51(13-1)53-35-43(19-25-61(53)73(59)49-11-5-9-41(33-49)47-23-29-65-57(39-47)69-66(76-65)17-7-31-71-69)45-21-27-63-55(37-45)56-38-46(22-28-64(56)75-63)44-20-26-62-54(36-44)52-14-2-4-16-60(52)74(62)50-12-6-10-42(34-50)48-24-30-67-58(40-48)70-68(77-67)18-8-32-72-70/h1-40H. The van der Waals surface area contributed by atoms with E-state index in [0.29, 0.717) is 0 Å². The summed E-state index contributed by atoms with van der Waals surface area (Å²) in [7, 11) is 0. The van der Waals surface area contributed by atoms with Crippen molar-refractivity contribution in [1.82, 2.24) is 19.1 Å². The molecule has 0 N–H and O–H groups in total. The Hall–Kier alpha value is -10.1. The molecular weight excluding hydrogens is 961 g/mol. The number of benzene rings is 10. The topological polar surface area (TPSA) is 61.9 Å². The van der Waals surface area contributed by atoms with E-state index in [1.54, 1.807) is 11.3 Å². The van der Waals surface area contributed by atoms with Crippen molar-refractivity contribution in [2.75, 3.05) is 0 Å². The predicted octanol–water partition coefficient (Wildman–Crippen LogP) is 19.5. The van der Waals surface area contributed by atoms with Crippen molar-refractivity contribution in [3.8, 4) is 55.9 Å². The van der Waals surface area contributed by atoms with Gasteiger partial charge in [-0.05, 0) is 178 Å². The van der Waals surface area contributed by atoms with Crippen LogP contribution in [0.2, 0.25) is 0 Å². The second kappa shape index (κ2) is 16.2. The first-order valence-corrected chi connectivity index (χ1v) is 26.7. The monoisotopic (exact) mass is 1000 g/mol. The van der Waals surface area contributed by atoms with Crippen LogP contribution in [0.3, 0.4) is 0 Å². The molecule has 77 heavy (non-hydrogen) atoms. The molecule has 0 amide bonds. The Morgan fingerprint density at radius 2 is 0.714 bits per heavy atom. The molecule has 0 fully saturated rings. The van der Waals surface area contributed by atoms with Crippen LogP contribution in [0.1, 0.15) is 0 Å².